The van der Waals surface area contributed by atoms with E-state index in [0.717, 1.165) is 24.4 Å². The molecule has 1 aromatic rings. The second-order valence-corrected chi connectivity index (χ2v) is 6.22. The first-order valence-electron chi connectivity index (χ1n) is 7.47. The first-order chi connectivity index (χ1) is 10.1. The highest BCUT2D eigenvalue weighted by Crippen LogP contribution is 2.16. The van der Waals surface area contributed by atoms with Crippen molar-refractivity contribution in [3.63, 3.8) is 0 Å². The maximum atomic E-state index is 5.79. The minimum absolute atomic E-state index is 0.404. The third-order valence-corrected chi connectivity index (χ3v) is 4.29. The van der Waals surface area contributed by atoms with Crippen molar-refractivity contribution in [2.75, 3.05) is 40.3 Å². The van der Waals surface area contributed by atoms with Crippen molar-refractivity contribution >= 4 is 17.2 Å². The van der Waals surface area contributed by atoms with Crippen molar-refractivity contribution in [1.82, 2.24) is 9.80 Å². The van der Waals surface area contributed by atoms with Crippen LogP contribution in [0.2, 0.25) is 0 Å². The normalized spacial score (nSPS) is 19.1. The standard InChI is InChI=1S/C16H25N3OS/c1-18(12-14-6-4-8-19(14)2)9-10-20-15-7-3-5-13(11-15)16(17)21/h3,5,7,11,14H,4,6,8-10,12H2,1-2H3,(H2,17,21). The molecule has 0 amide bonds. The van der Waals surface area contributed by atoms with Crippen LogP contribution in [0, 0.1) is 0 Å². The topological polar surface area (TPSA) is 41.7 Å². The average Bonchev–Trinajstić information content (AvgIpc) is 2.84. The molecule has 1 heterocycles. The third-order valence-electron chi connectivity index (χ3n) is 4.05. The molecule has 1 aliphatic heterocycles. The molecule has 116 valence electrons. The van der Waals surface area contributed by atoms with Gasteiger partial charge in [-0.1, -0.05) is 24.4 Å². The molecular weight excluding hydrogens is 282 g/mol. The number of rotatable bonds is 7. The summed E-state index contributed by atoms with van der Waals surface area (Å²) in [6.45, 7) is 3.92. The first kappa shape index (κ1) is 16.2. The van der Waals surface area contributed by atoms with E-state index in [2.05, 4.69) is 23.9 Å². The average molecular weight is 307 g/mol. The van der Waals surface area contributed by atoms with Gasteiger partial charge in [0, 0.05) is 24.7 Å². The summed E-state index contributed by atoms with van der Waals surface area (Å²) in [4.78, 5) is 5.19. The predicted octanol–water partition coefficient (Wildman–Crippen LogP) is 1.73. The lowest BCUT2D eigenvalue weighted by Gasteiger charge is -2.25. The molecule has 0 aliphatic carbocycles. The third kappa shape index (κ3) is 4.95. The van der Waals surface area contributed by atoms with Gasteiger partial charge in [0.1, 0.15) is 17.3 Å². The van der Waals surface area contributed by atoms with Gasteiger partial charge >= 0.3 is 0 Å². The summed E-state index contributed by atoms with van der Waals surface area (Å²) in [6.07, 6.45) is 2.62. The van der Waals surface area contributed by atoms with Gasteiger partial charge in [0.2, 0.25) is 0 Å². The molecule has 1 fully saturated rings. The fraction of sp³-hybridized carbons (Fsp3) is 0.562. The highest BCUT2D eigenvalue weighted by molar-refractivity contribution is 7.80. The van der Waals surface area contributed by atoms with Crippen LogP contribution in [0.25, 0.3) is 0 Å². The maximum absolute atomic E-state index is 5.79. The van der Waals surface area contributed by atoms with E-state index in [1.54, 1.807) is 0 Å². The number of ether oxygens (including phenoxy) is 1. The molecule has 0 radical (unpaired) electrons. The summed E-state index contributed by atoms with van der Waals surface area (Å²) in [6, 6.07) is 8.34. The summed E-state index contributed by atoms with van der Waals surface area (Å²) >= 11 is 4.98. The molecule has 0 spiro atoms. The second kappa shape index (κ2) is 7.73. The van der Waals surface area contributed by atoms with E-state index < -0.39 is 0 Å². The number of nitrogens with zero attached hydrogens (tertiary/aromatic N) is 2. The second-order valence-electron chi connectivity index (χ2n) is 5.78. The summed E-state index contributed by atoms with van der Waals surface area (Å²) in [5.41, 5.74) is 6.48. The zero-order valence-corrected chi connectivity index (χ0v) is 13.7. The fourth-order valence-electron chi connectivity index (χ4n) is 2.72. The number of likely N-dealkylation sites (N-methyl/N-ethyl adjacent to an activating group) is 2. The van der Waals surface area contributed by atoms with E-state index in [4.69, 9.17) is 22.7 Å². The SMILES string of the molecule is CN(CCOc1cccc(C(N)=S)c1)CC1CCCN1C. The number of hydrogen-bond donors (Lipinski definition) is 1. The number of likely N-dealkylation sites (tertiary alicyclic amines) is 1. The molecule has 1 atom stereocenters. The Bertz CT molecular complexity index is 480. The lowest BCUT2D eigenvalue weighted by Crippen LogP contribution is -2.38. The first-order valence-corrected chi connectivity index (χ1v) is 7.88. The molecule has 1 saturated heterocycles. The van der Waals surface area contributed by atoms with Crippen LogP contribution < -0.4 is 10.5 Å². The van der Waals surface area contributed by atoms with Crippen molar-refractivity contribution in [1.29, 1.82) is 0 Å². The van der Waals surface area contributed by atoms with E-state index in [0.29, 0.717) is 17.6 Å². The molecule has 1 aliphatic rings. The van der Waals surface area contributed by atoms with E-state index >= 15 is 0 Å². The molecule has 0 aromatic heterocycles. The minimum atomic E-state index is 0.404. The van der Waals surface area contributed by atoms with Crippen molar-refractivity contribution in [3.8, 4) is 5.75 Å². The van der Waals surface area contributed by atoms with Crippen LogP contribution in [0.15, 0.2) is 24.3 Å². The number of hydrogen-bond acceptors (Lipinski definition) is 4. The van der Waals surface area contributed by atoms with Crippen LogP contribution in [-0.2, 0) is 0 Å². The highest BCUT2D eigenvalue weighted by Gasteiger charge is 2.21. The smallest absolute Gasteiger partial charge is 0.120 e. The lowest BCUT2D eigenvalue weighted by atomic mass is 10.2. The van der Waals surface area contributed by atoms with Crippen molar-refractivity contribution in [2.45, 2.75) is 18.9 Å². The monoisotopic (exact) mass is 307 g/mol. The van der Waals surface area contributed by atoms with Gasteiger partial charge < -0.3 is 20.3 Å². The summed E-state index contributed by atoms with van der Waals surface area (Å²) < 4.78 is 5.79. The Labute approximate surface area is 132 Å². The Hall–Kier alpha value is -1.17. The van der Waals surface area contributed by atoms with E-state index in [-0.39, 0.29) is 0 Å². The Morgan fingerprint density at radius 2 is 2.33 bits per heavy atom. The summed E-state index contributed by atoms with van der Waals surface area (Å²) in [7, 11) is 4.37. The predicted molar refractivity (Wildman–Crippen MR) is 91.0 cm³/mol. The summed E-state index contributed by atoms with van der Waals surface area (Å²) in [5.74, 6) is 0.826. The van der Waals surface area contributed by atoms with Gasteiger partial charge in [0.25, 0.3) is 0 Å². The van der Waals surface area contributed by atoms with Gasteiger partial charge in [-0.25, -0.2) is 0 Å². The van der Waals surface area contributed by atoms with Crippen molar-refractivity contribution < 1.29 is 4.74 Å². The maximum Gasteiger partial charge on any atom is 0.120 e. The van der Waals surface area contributed by atoms with Gasteiger partial charge in [-0.2, -0.15) is 0 Å². The molecular formula is C16H25N3OS. The van der Waals surface area contributed by atoms with Crippen LogP contribution in [0.4, 0.5) is 0 Å². The van der Waals surface area contributed by atoms with Crippen molar-refractivity contribution in [2.24, 2.45) is 5.73 Å². The molecule has 5 heteroatoms. The molecule has 2 rings (SSSR count). The molecule has 2 N–H and O–H groups in total. The molecule has 0 saturated carbocycles. The molecule has 1 unspecified atom stereocenters. The Morgan fingerprint density at radius 3 is 3.00 bits per heavy atom. The minimum Gasteiger partial charge on any atom is -0.492 e. The van der Waals surface area contributed by atoms with Crippen molar-refractivity contribution in [3.05, 3.63) is 29.8 Å². The van der Waals surface area contributed by atoms with Gasteiger partial charge in [-0.3, -0.25) is 0 Å². The Morgan fingerprint density at radius 1 is 1.52 bits per heavy atom. The van der Waals surface area contributed by atoms with Crippen LogP contribution in [0.3, 0.4) is 0 Å². The quantitative estimate of drug-likeness (QED) is 0.777. The Balaban J connectivity index is 1.73. The van der Waals surface area contributed by atoms with E-state index in [9.17, 15) is 0 Å². The van der Waals surface area contributed by atoms with Crippen LogP contribution in [0.1, 0.15) is 18.4 Å². The van der Waals surface area contributed by atoms with Gasteiger partial charge in [-0.05, 0) is 45.6 Å². The zero-order chi connectivity index (χ0) is 15.2. The van der Waals surface area contributed by atoms with Gasteiger partial charge in [0.05, 0.1) is 0 Å². The number of nitrogens with two attached hydrogens (primary N) is 1. The van der Waals surface area contributed by atoms with Gasteiger partial charge in [0.15, 0.2) is 0 Å². The summed E-state index contributed by atoms with van der Waals surface area (Å²) in [5, 5.41) is 0. The Kier molecular flexibility index (Phi) is 5.96. The lowest BCUT2D eigenvalue weighted by molar-refractivity contribution is 0.190. The molecule has 4 nitrogen and oxygen atoms in total. The molecule has 0 bridgehead atoms. The molecule has 1 aromatic carbocycles. The molecule has 21 heavy (non-hydrogen) atoms. The van der Waals surface area contributed by atoms with Gasteiger partial charge in [-0.15, -0.1) is 0 Å². The van der Waals surface area contributed by atoms with E-state index in [1.165, 1.54) is 19.4 Å². The van der Waals surface area contributed by atoms with Crippen LogP contribution in [0.5, 0.6) is 5.75 Å². The fourth-order valence-corrected chi connectivity index (χ4v) is 2.85. The van der Waals surface area contributed by atoms with Crippen LogP contribution >= 0.6 is 12.2 Å². The largest absolute Gasteiger partial charge is 0.492 e. The van der Waals surface area contributed by atoms with E-state index in [1.807, 2.05) is 24.3 Å². The highest BCUT2D eigenvalue weighted by atomic mass is 32.1. The zero-order valence-electron chi connectivity index (χ0n) is 12.9. The number of thiocarbonyl (C=S) groups is 1. The van der Waals surface area contributed by atoms with Crippen LogP contribution in [-0.4, -0.2) is 61.2 Å². The number of benzene rings is 1.